The number of hydrazine groups is 1. The van der Waals surface area contributed by atoms with Crippen LogP contribution in [-0.4, -0.2) is 21.9 Å². The summed E-state index contributed by atoms with van der Waals surface area (Å²) in [5, 5.41) is 2.88. The maximum atomic E-state index is 11.6. The molecule has 0 atom stereocenters. The number of rotatable bonds is 3. The third-order valence-electron chi connectivity index (χ3n) is 2.47. The van der Waals surface area contributed by atoms with E-state index in [1.165, 1.54) is 18.8 Å². The topological polar surface area (TPSA) is 92.9 Å². The highest BCUT2D eigenvalue weighted by molar-refractivity contribution is 5.92. The normalized spacial score (nSPS) is 15.5. The van der Waals surface area contributed by atoms with Crippen molar-refractivity contribution in [2.75, 3.05) is 5.43 Å². The number of aromatic nitrogens is 2. The summed E-state index contributed by atoms with van der Waals surface area (Å²) in [6.07, 6.45) is 6.13. The quantitative estimate of drug-likeness (QED) is 0.481. The number of nitrogens with zero attached hydrogens (tertiary/aromatic N) is 2. The van der Waals surface area contributed by atoms with E-state index in [2.05, 4.69) is 20.7 Å². The number of hydrogen-bond donors (Lipinski definition) is 3. The number of hydrogen-bond acceptors (Lipinski definition) is 5. The molecule has 1 aromatic heterocycles. The standard InChI is InChI=1S/C9H13N5O/c10-14-8-5-11-7(4-12-8)9(15)13-6-2-1-3-6/h4-6H,1-3,10H2,(H,12,14)(H,13,15). The van der Waals surface area contributed by atoms with E-state index in [0.717, 1.165) is 12.8 Å². The molecule has 2 rings (SSSR count). The average Bonchev–Trinajstić information content (AvgIpc) is 2.23. The third kappa shape index (κ3) is 2.21. The second kappa shape index (κ2) is 4.22. The largest absolute Gasteiger partial charge is 0.348 e. The van der Waals surface area contributed by atoms with Gasteiger partial charge in [0.05, 0.1) is 12.4 Å². The summed E-state index contributed by atoms with van der Waals surface area (Å²) in [7, 11) is 0. The predicted molar refractivity (Wildman–Crippen MR) is 54.9 cm³/mol. The maximum absolute atomic E-state index is 11.6. The molecule has 6 nitrogen and oxygen atoms in total. The molecule has 1 aromatic rings. The van der Waals surface area contributed by atoms with Gasteiger partial charge in [0.25, 0.3) is 5.91 Å². The van der Waals surface area contributed by atoms with Crippen molar-refractivity contribution in [3.05, 3.63) is 18.1 Å². The van der Waals surface area contributed by atoms with Crippen LogP contribution in [0, 0.1) is 0 Å². The van der Waals surface area contributed by atoms with Crippen molar-refractivity contribution in [2.24, 2.45) is 5.84 Å². The summed E-state index contributed by atoms with van der Waals surface area (Å²) in [6, 6.07) is 0.312. The number of amides is 1. The summed E-state index contributed by atoms with van der Waals surface area (Å²) in [5.41, 5.74) is 2.67. The second-order valence-corrected chi connectivity index (χ2v) is 3.53. The maximum Gasteiger partial charge on any atom is 0.271 e. The first-order chi connectivity index (χ1) is 7.29. The highest BCUT2D eigenvalue weighted by atomic mass is 16.1. The Hall–Kier alpha value is -1.69. The van der Waals surface area contributed by atoms with E-state index < -0.39 is 0 Å². The molecule has 1 amide bonds. The molecule has 0 bridgehead atoms. The summed E-state index contributed by atoms with van der Waals surface area (Å²) in [6.45, 7) is 0. The van der Waals surface area contributed by atoms with E-state index in [-0.39, 0.29) is 5.91 Å². The minimum Gasteiger partial charge on any atom is -0.348 e. The zero-order valence-electron chi connectivity index (χ0n) is 8.23. The lowest BCUT2D eigenvalue weighted by atomic mass is 9.93. The fourth-order valence-corrected chi connectivity index (χ4v) is 1.33. The van der Waals surface area contributed by atoms with Crippen molar-refractivity contribution in [2.45, 2.75) is 25.3 Å². The van der Waals surface area contributed by atoms with Crippen molar-refractivity contribution in [3.8, 4) is 0 Å². The first-order valence-electron chi connectivity index (χ1n) is 4.89. The van der Waals surface area contributed by atoms with Gasteiger partial charge < -0.3 is 10.7 Å². The van der Waals surface area contributed by atoms with Crippen LogP contribution in [0.3, 0.4) is 0 Å². The predicted octanol–water partition coefficient (Wildman–Crippen LogP) is 0.0445. The molecule has 0 spiro atoms. The Morgan fingerprint density at radius 3 is 2.67 bits per heavy atom. The van der Waals surface area contributed by atoms with Crippen LogP contribution in [0.1, 0.15) is 29.8 Å². The SMILES string of the molecule is NNc1cnc(C(=O)NC2CCC2)cn1. The lowest BCUT2D eigenvalue weighted by Gasteiger charge is -2.25. The van der Waals surface area contributed by atoms with Gasteiger partial charge in [-0.25, -0.2) is 15.8 Å². The van der Waals surface area contributed by atoms with E-state index in [4.69, 9.17) is 5.84 Å². The Balaban J connectivity index is 1.98. The van der Waals surface area contributed by atoms with E-state index in [0.29, 0.717) is 17.6 Å². The first kappa shape index (κ1) is 9.85. The monoisotopic (exact) mass is 207 g/mol. The lowest BCUT2D eigenvalue weighted by Crippen LogP contribution is -2.39. The second-order valence-electron chi connectivity index (χ2n) is 3.53. The van der Waals surface area contributed by atoms with Gasteiger partial charge in [-0.3, -0.25) is 4.79 Å². The molecule has 0 aliphatic heterocycles. The molecule has 0 saturated heterocycles. The Morgan fingerprint density at radius 2 is 2.20 bits per heavy atom. The fourth-order valence-electron chi connectivity index (χ4n) is 1.33. The van der Waals surface area contributed by atoms with E-state index in [1.54, 1.807) is 0 Å². The molecule has 0 radical (unpaired) electrons. The summed E-state index contributed by atoms with van der Waals surface area (Å²) >= 11 is 0. The number of nitrogens with two attached hydrogens (primary N) is 1. The van der Waals surface area contributed by atoms with Gasteiger partial charge >= 0.3 is 0 Å². The van der Waals surface area contributed by atoms with Gasteiger partial charge in [-0.15, -0.1) is 0 Å². The molecule has 0 aromatic carbocycles. The Labute approximate surface area is 87.3 Å². The van der Waals surface area contributed by atoms with E-state index >= 15 is 0 Å². The van der Waals surface area contributed by atoms with Crippen molar-refractivity contribution in [1.82, 2.24) is 15.3 Å². The smallest absolute Gasteiger partial charge is 0.271 e. The van der Waals surface area contributed by atoms with Crippen molar-refractivity contribution >= 4 is 11.7 Å². The molecule has 1 fully saturated rings. The van der Waals surface area contributed by atoms with E-state index in [9.17, 15) is 4.79 Å². The Morgan fingerprint density at radius 1 is 1.40 bits per heavy atom. The van der Waals surface area contributed by atoms with Crippen LogP contribution < -0.4 is 16.6 Å². The lowest BCUT2D eigenvalue weighted by molar-refractivity contribution is 0.0911. The highest BCUT2D eigenvalue weighted by Gasteiger charge is 2.20. The van der Waals surface area contributed by atoms with Crippen LogP contribution >= 0.6 is 0 Å². The molecular formula is C9H13N5O. The molecule has 1 heterocycles. The van der Waals surface area contributed by atoms with Gasteiger partial charge in [0.2, 0.25) is 0 Å². The Bertz CT molecular complexity index is 346. The van der Waals surface area contributed by atoms with Crippen molar-refractivity contribution in [3.63, 3.8) is 0 Å². The van der Waals surface area contributed by atoms with E-state index in [1.807, 2.05) is 0 Å². The van der Waals surface area contributed by atoms with Gasteiger partial charge in [0, 0.05) is 6.04 Å². The number of anilines is 1. The number of nitrogens with one attached hydrogen (secondary N) is 2. The minimum absolute atomic E-state index is 0.171. The molecule has 1 saturated carbocycles. The Kier molecular flexibility index (Phi) is 2.77. The fraction of sp³-hybridized carbons (Fsp3) is 0.444. The highest BCUT2D eigenvalue weighted by Crippen LogP contribution is 2.18. The van der Waals surface area contributed by atoms with Crippen LogP contribution in [-0.2, 0) is 0 Å². The van der Waals surface area contributed by atoms with Gasteiger partial charge in [0.15, 0.2) is 5.82 Å². The molecule has 80 valence electrons. The van der Waals surface area contributed by atoms with Crippen molar-refractivity contribution in [1.29, 1.82) is 0 Å². The molecule has 4 N–H and O–H groups in total. The molecule has 6 heteroatoms. The van der Waals surface area contributed by atoms with Crippen LogP contribution in [0.4, 0.5) is 5.82 Å². The zero-order valence-corrected chi connectivity index (χ0v) is 8.23. The van der Waals surface area contributed by atoms with Crippen LogP contribution in [0.2, 0.25) is 0 Å². The average molecular weight is 207 g/mol. The molecular weight excluding hydrogens is 194 g/mol. The molecule has 0 unspecified atom stereocenters. The number of nitrogen functional groups attached to an aromatic ring is 1. The van der Waals surface area contributed by atoms with Gasteiger partial charge in [-0.05, 0) is 19.3 Å². The van der Waals surface area contributed by atoms with Gasteiger partial charge in [-0.1, -0.05) is 0 Å². The summed E-state index contributed by atoms with van der Waals surface area (Å²) in [4.78, 5) is 19.4. The van der Waals surface area contributed by atoms with Crippen LogP contribution in [0.5, 0.6) is 0 Å². The van der Waals surface area contributed by atoms with Crippen LogP contribution in [0.25, 0.3) is 0 Å². The summed E-state index contributed by atoms with van der Waals surface area (Å²) < 4.78 is 0. The summed E-state index contributed by atoms with van der Waals surface area (Å²) in [5.74, 6) is 5.40. The number of carbonyl (C=O) groups excluding carboxylic acids is 1. The van der Waals surface area contributed by atoms with Gasteiger partial charge in [0.1, 0.15) is 5.69 Å². The molecule has 1 aliphatic carbocycles. The third-order valence-corrected chi connectivity index (χ3v) is 2.47. The number of carbonyl (C=O) groups is 1. The van der Waals surface area contributed by atoms with Crippen molar-refractivity contribution < 1.29 is 4.79 Å². The van der Waals surface area contributed by atoms with Gasteiger partial charge in [-0.2, -0.15) is 0 Å². The first-order valence-corrected chi connectivity index (χ1v) is 4.89. The molecule has 1 aliphatic rings. The minimum atomic E-state index is -0.171. The zero-order chi connectivity index (χ0) is 10.7. The molecule has 15 heavy (non-hydrogen) atoms. The van der Waals surface area contributed by atoms with Crippen LogP contribution in [0.15, 0.2) is 12.4 Å².